The van der Waals surface area contributed by atoms with Crippen LogP contribution in [0.15, 0.2) is 0 Å². The van der Waals surface area contributed by atoms with E-state index in [4.69, 9.17) is 5.11 Å². The van der Waals surface area contributed by atoms with Crippen molar-refractivity contribution >= 4 is 0 Å². The van der Waals surface area contributed by atoms with Gasteiger partial charge in [-0.15, -0.1) is 0 Å². The van der Waals surface area contributed by atoms with Gasteiger partial charge in [-0.05, 0) is 0 Å². The van der Waals surface area contributed by atoms with Gasteiger partial charge >= 0.3 is 0 Å². The van der Waals surface area contributed by atoms with Gasteiger partial charge in [0.2, 0.25) is 0 Å². The van der Waals surface area contributed by atoms with Gasteiger partial charge in [-0.2, -0.15) is 0 Å². The zero-order valence-electron chi connectivity index (χ0n) is 7.35. The van der Waals surface area contributed by atoms with Gasteiger partial charge in [0, 0.05) is 37.7 Å². The van der Waals surface area contributed by atoms with E-state index in [-0.39, 0.29) is 12.0 Å². The Morgan fingerprint density at radius 2 is 2.18 bits per heavy atom. The predicted octanol–water partition coefficient (Wildman–Crippen LogP) is -0.434. The molecule has 0 bridgehead atoms. The number of rotatable bonds is 4. The average Bonchev–Trinajstić information content (AvgIpc) is 1.84. The molecule has 1 rings (SSSR count). The minimum absolute atomic E-state index is 0.0234. The highest BCUT2D eigenvalue weighted by atomic mass is 16.3. The molecule has 1 aliphatic heterocycles. The maximum absolute atomic E-state index is 8.94. The van der Waals surface area contributed by atoms with E-state index in [1.54, 1.807) is 0 Å². The van der Waals surface area contributed by atoms with Crippen LogP contribution in [0.3, 0.4) is 0 Å². The first-order valence-corrected chi connectivity index (χ1v) is 4.19. The van der Waals surface area contributed by atoms with E-state index in [1.165, 1.54) is 0 Å². The molecule has 11 heavy (non-hydrogen) atoms. The van der Waals surface area contributed by atoms with Crippen LogP contribution < -0.4 is 10.6 Å². The van der Waals surface area contributed by atoms with Crippen molar-refractivity contribution in [3.05, 3.63) is 0 Å². The summed E-state index contributed by atoms with van der Waals surface area (Å²) in [5.74, 6) is 0. The smallest absolute Gasteiger partial charge is 0.0494 e. The molecule has 0 aliphatic carbocycles. The minimum Gasteiger partial charge on any atom is -0.396 e. The highest BCUT2D eigenvalue weighted by Gasteiger charge is 2.21. The maximum atomic E-state index is 8.94. The summed E-state index contributed by atoms with van der Waals surface area (Å²) < 4.78 is 0. The van der Waals surface area contributed by atoms with Crippen molar-refractivity contribution in [2.24, 2.45) is 5.41 Å². The molecule has 0 saturated carbocycles. The fraction of sp³-hybridized carbons (Fsp3) is 1.00. The van der Waals surface area contributed by atoms with Crippen molar-refractivity contribution in [3.8, 4) is 0 Å². The van der Waals surface area contributed by atoms with E-state index >= 15 is 0 Å². The molecule has 0 aromatic heterocycles. The van der Waals surface area contributed by atoms with Crippen LogP contribution in [-0.2, 0) is 0 Å². The third-order valence-corrected chi connectivity index (χ3v) is 2.08. The van der Waals surface area contributed by atoms with Crippen LogP contribution in [0.5, 0.6) is 0 Å². The fourth-order valence-electron chi connectivity index (χ4n) is 0.910. The van der Waals surface area contributed by atoms with Gasteiger partial charge in [0.25, 0.3) is 0 Å². The summed E-state index contributed by atoms with van der Waals surface area (Å²) >= 11 is 0. The zero-order valence-corrected chi connectivity index (χ0v) is 7.35. The van der Waals surface area contributed by atoms with Gasteiger partial charge in [0.15, 0.2) is 0 Å². The molecular weight excluding hydrogens is 140 g/mol. The normalized spacial score (nSPS) is 19.9. The Morgan fingerprint density at radius 1 is 1.55 bits per heavy atom. The van der Waals surface area contributed by atoms with Crippen molar-refractivity contribution in [1.82, 2.24) is 10.6 Å². The van der Waals surface area contributed by atoms with Gasteiger partial charge < -0.3 is 15.7 Å². The van der Waals surface area contributed by atoms with Crippen LogP contribution in [0.4, 0.5) is 0 Å². The van der Waals surface area contributed by atoms with Crippen molar-refractivity contribution in [2.75, 3.05) is 26.2 Å². The molecule has 1 aliphatic rings. The number of aliphatic hydroxyl groups excluding tert-OH is 1. The van der Waals surface area contributed by atoms with Crippen molar-refractivity contribution < 1.29 is 5.11 Å². The lowest BCUT2D eigenvalue weighted by molar-refractivity contribution is 0.149. The molecule has 3 nitrogen and oxygen atoms in total. The molecule has 0 aromatic carbocycles. The number of hydrogen-bond donors (Lipinski definition) is 3. The molecule has 3 N–H and O–H groups in total. The Labute approximate surface area is 68.2 Å². The first kappa shape index (κ1) is 8.97. The topological polar surface area (TPSA) is 44.3 Å². The van der Waals surface area contributed by atoms with Crippen LogP contribution in [0.1, 0.15) is 13.8 Å². The second kappa shape index (κ2) is 3.52. The molecule has 0 radical (unpaired) electrons. The van der Waals surface area contributed by atoms with E-state index in [1.807, 2.05) is 0 Å². The predicted molar refractivity (Wildman–Crippen MR) is 45.5 cm³/mol. The van der Waals surface area contributed by atoms with E-state index in [0.29, 0.717) is 6.04 Å². The first-order valence-electron chi connectivity index (χ1n) is 4.19. The summed E-state index contributed by atoms with van der Waals surface area (Å²) in [6.45, 7) is 7.41. The quantitative estimate of drug-likeness (QED) is 0.520. The van der Waals surface area contributed by atoms with Gasteiger partial charge in [-0.3, -0.25) is 0 Å². The third-order valence-electron chi connectivity index (χ3n) is 2.08. The molecule has 1 fully saturated rings. The lowest BCUT2D eigenvalue weighted by atomic mass is 9.94. The zero-order chi connectivity index (χ0) is 8.32. The van der Waals surface area contributed by atoms with Gasteiger partial charge in [-0.1, -0.05) is 13.8 Å². The van der Waals surface area contributed by atoms with Crippen molar-refractivity contribution in [2.45, 2.75) is 19.9 Å². The highest BCUT2D eigenvalue weighted by Crippen LogP contribution is 2.11. The van der Waals surface area contributed by atoms with Crippen LogP contribution >= 0.6 is 0 Å². The molecule has 1 heterocycles. The molecule has 0 spiro atoms. The average molecular weight is 158 g/mol. The van der Waals surface area contributed by atoms with Crippen molar-refractivity contribution in [3.63, 3.8) is 0 Å². The number of nitrogens with one attached hydrogen (secondary N) is 2. The molecule has 1 saturated heterocycles. The Hall–Kier alpha value is -0.120. The molecule has 0 atom stereocenters. The van der Waals surface area contributed by atoms with Crippen molar-refractivity contribution in [1.29, 1.82) is 0 Å². The molecule has 0 amide bonds. The number of aliphatic hydroxyl groups is 1. The largest absolute Gasteiger partial charge is 0.396 e. The van der Waals surface area contributed by atoms with Gasteiger partial charge in [-0.25, -0.2) is 0 Å². The second-order valence-corrected chi connectivity index (χ2v) is 4.06. The lowest BCUT2D eigenvalue weighted by Crippen LogP contribution is -2.57. The first-order chi connectivity index (χ1) is 5.14. The summed E-state index contributed by atoms with van der Waals surface area (Å²) in [7, 11) is 0. The van der Waals surface area contributed by atoms with Crippen LogP contribution in [0.25, 0.3) is 0 Å². The van der Waals surface area contributed by atoms with E-state index in [2.05, 4.69) is 24.5 Å². The standard InChI is InChI=1S/C8H18N2O/c1-8(2,6-11)5-10-7-3-9-4-7/h7,9-11H,3-6H2,1-2H3. The lowest BCUT2D eigenvalue weighted by Gasteiger charge is -2.32. The summed E-state index contributed by atoms with van der Waals surface area (Å²) in [6, 6.07) is 0.626. The maximum Gasteiger partial charge on any atom is 0.0494 e. The molecule has 0 aromatic rings. The third kappa shape index (κ3) is 2.77. The van der Waals surface area contributed by atoms with E-state index < -0.39 is 0 Å². The highest BCUT2D eigenvalue weighted by molar-refractivity contribution is 4.83. The molecule has 0 unspecified atom stereocenters. The summed E-state index contributed by atoms with van der Waals surface area (Å²) in [5, 5.41) is 15.5. The Bertz CT molecular complexity index is 121. The summed E-state index contributed by atoms with van der Waals surface area (Å²) in [5.41, 5.74) is 0.0234. The van der Waals surface area contributed by atoms with Gasteiger partial charge in [0.05, 0.1) is 0 Å². The van der Waals surface area contributed by atoms with Crippen LogP contribution in [0.2, 0.25) is 0 Å². The summed E-state index contributed by atoms with van der Waals surface area (Å²) in [6.07, 6.45) is 0. The molecule has 66 valence electrons. The Kier molecular flexibility index (Phi) is 2.87. The Morgan fingerprint density at radius 3 is 2.55 bits per heavy atom. The van der Waals surface area contributed by atoms with Crippen LogP contribution in [0, 0.1) is 5.41 Å². The SMILES string of the molecule is CC(C)(CO)CNC1CNC1. The van der Waals surface area contributed by atoms with Gasteiger partial charge in [0.1, 0.15) is 0 Å². The fourth-order valence-corrected chi connectivity index (χ4v) is 0.910. The number of hydrogen-bond acceptors (Lipinski definition) is 3. The van der Waals surface area contributed by atoms with E-state index in [9.17, 15) is 0 Å². The molecular formula is C8H18N2O. The van der Waals surface area contributed by atoms with Crippen LogP contribution in [-0.4, -0.2) is 37.4 Å². The Balaban J connectivity index is 2.09. The van der Waals surface area contributed by atoms with E-state index in [0.717, 1.165) is 19.6 Å². The monoisotopic (exact) mass is 158 g/mol. The summed E-state index contributed by atoms with van der Waals surface area (Å²) in [4.78, 5) is 0. The molecule has 3 heteroatoms. The minimum atomic E-state index is 0.0234. The second-order valence-electron chi connectivity index (χ2n) is 4.06.